The molecule has 8 nitrogen and oxygen atoms in total. The number of anilines is 1. The summed E-state index contributed by atoms with van der Waals surface area (Å²) in [5, 5.41) is 7.76. The summed E-state index contributed by atoms with van der Waals surface area (Å²) < 4.78 is 12.5. The van der Waals surface area contributed by atoms with Crippen molar-refractivity contribution >= 4 is 5.95 Å². The molecule has 0 bridgehead atoms. The summed E-state index contributed by atoms with van der Waals surface area (Å²) in [6, 6.07) is 9.66. The van der Waals surface area contributed by atoms with Crippen molar-refractivity contribution in [2.45, 2.75) is 0 Å². The fourth-order valence-electron chi connectivity index (χ4n) is 3.10. The van der Waals surface area contributed by atoms with Crippen LogP contribution in [0, 0.1) is 0 Å². The molecule has 4 rings (SSSR count). The summed E-state index contributed by atoms with van der Waals surface area (Å²) in [5.41, 5.74) is 2.70. The van der Waals surface area contributed by atoms with Gasteiger partial charge in [0.2, 0.25) is 5.95 Å². The van der Waals surface area contributed by atoms with Crippen molar-refractivity contribution in [2.24, 2.45) is 0 Å². The van der Waals surface area contributed by atoms with Crippen molar-refractivity contribution in [3.8, 4) is 22.7 Å². The zero-order valence-corrected chi connectivity index (χ0v) is 15.9. The molecule has 1 fully saturated rings. The fourth-order valence-corrected chi connectivity index (χ4v) is 3.10. The Kier molecular flexibility index (Phi) is 5.79. The molecule has 8 heteroatoms. The summed E-state index contributed by atoms with van der Waals surface area (Å²) in [4.78, 5) is 11.3. The molecule has 0 amide bonds. The Hall–Kier alpha value is -2.97. The van der Waals surface area contributed by atoms with Crippen molar-refractivity contribution in [3.05, 3.63) is 48.9 Å². The molecule has 0 unspecified atom stereocenters. The first kappa shape index (κ1) is 18.4. The second-order valence-corrected chi connectivity index (χ2v) is 6.52. The van der Waals surface area contributed by atoms with Crippen molar-refractivity contribution in [1.29, 1.82) is 0 Å². The van der Waals surface area contributed by atoms with E-state index in [4.69, 9.17) is 9.47 Å². The van der Waals surface area contributed by atoms with E-state index in [0.717, 1.165) is 62.1 Å². The predicted molar refractivity (Wildman–Crippen MR) is 107 cm³/mol. The highest BCUT2D eigenvalue weighted by Crippen LogP contribution is 2.21. The smallest absolute Gasteiger partial charge is 0.223 e. The highest BCUT2D eigenvalue weighted by molar-refractivity contribution is 5.59. The van der Waals surface area contributed by atoms with Gasteiger partial charge in [0.25, 0.3) is 0 Å². The molecule has 1 aliphatic heterocycles. The van der Waals surface area contributed by atoms with E-state index in [1.54, 1.807) is 19.5 Å². The highest BCUT2D eigenvalue weighted by Gasteiger charge is 2.10. The van der Waals surface area contributed by atoms with Crippen LogP contribution in [0.15, 0.2) is 48.9 Å². The molecule has 0 atom stereocenters. The average molecular weight is 380 g/mol. The lowest BCUT2D eigenvalue weighted by Gasteiger charge is -2.26. The van der Waals surface area contributed by atoms with Crippen LogP contribution in [-0.4, -0.2) is 71.2 Å². The topological polar surface area (TPSA) is 77.3 Å². The minimum Gasteiger partial charge on any atom is -0.497 e. The number of rotatable bonds is 7. The van der Waals surface area contributed by atoms with Gasteiger partial charge in [0, 0.05) is 50.2 Å². The first-order valence-corrected chi connectivity index (χ1v) is 9.38. The van der Waals surface area contributed by atoms with Crippen molar-refractivity contribution in [1.82, 2.24) is 24.6 Å². The van der Waals surface area contributed by atoms with Gasteiger partial charge in [-0.3, -0.25) is 4.90 Å². The van der Waals surface area contributed by atoms with Gasteiger partial charge < -0.3 is 14.8 Å². The van der Waals surface area contributed by atoms with Gasteiger partial charge in [-0.15, -0.1) is 0 Å². The number of aromatic nitrogens is 4. The van der Waals surface area contributed by atoms with Crippen molar-refractivity contribution in [3.63, 3.8) is 0 Å². The first-order valence-electron chi connectivity index (χ1n) is 9.38. The van der Waals surface area contributed by atoms with E-state index in [0.29, 0.717) is 5.95 Å². The Morgan fingerprint density at radius 3 is 2.96 bits per heavy atom. The van der Waals surface area contributed by atoms with Crippen LogP contribution in [0.3, 0.4) is 0 Å². The van der Waals surface area contributed by atoms with Gasteiger partial charge in [0.1, 0.15) is 5.75 Å². The first-order chi connectivity index (χ1) is 13.8. The number of nitrogens with zero attached hydrogens (tertiary/aromatic N) is 5. The van der Waals surface area contributed by atoms with Crippen LogP contribution in [0.25, 0.3) is 16.9 Å². The molecule has 2 aromatic heterocycles. The molecule has 3 aromatic rings. The van der Waals surface area contributed by atoms with Crippen LogP contribution < -0.4 is 10.1 Å². The standard InChI is InChI=1S/C20H24N6O2/c1-27-18-4-2-3-17(13-18)26-15-16(14-23-26)19-5-6-21-20(24-19)22-7-8-25-9-11-28-12-10-25/h2-6,13-15H,7-12H2,1H3,(H,21,22,24). The monoisotopic (exact) mass is 380 g/mol. The van der Waals surface area contributed by atoms with Crippen LogP contribution >= 0.6 is 0 Å². The molecule has 0 radical (unpaired) electrons. The zero-order chi connectivity index (χ0) is 19.2. The molecule has 0 saturated carbocycles. The molecular formula is C20H24N6O2. The zero-order valence-electron chi connectivity index (χ0n) is 15.9. The van der Waals surface area contributed by atoms with E-state index < -0.39 is 0 Å². The van der Waals surface area contributed by atoms with Gasteiger partial charge in [-0.25, -0.2) is 14.6 Å². The Balaban J connectivity index is 1.42. The number of hydrogen-bond acceptors (Lipinski definition) is 7. The van der Waals surface area contributed by atoms with E-state index in [2.05, 4.69) is 25.3 Å². The molecule has 146 valence electrons. The van der Waals surface area contributed by atoms with Gasteiger partial charge in [-0.05, 0) is 18.2 Å². The number of hydrogen-bond donors (Lipinski definition) is 1. The van der Waals surface area contributed by atoms with Crippen molar-refractivity contribution in [2.75, 3.05) is 51.8 Å². The summed E-state index contributed by atoms with van der Waals surface area (Å²) in [6.07, 6.45) is 5.52. The second-order valence-electron chi connectivity index (χ2n) is 6.52. The minimum absolute atomic E-state index is 0.625. The number of morpholine rings is 1. The van der Waals surface area contributed by atoms with Gasteiger partial charge in [0.05, 0.1) is 37.9 Å². The van der Waals surface area contributed by atoms with E-state index in [1.165, 1.54) is 0 Å². The maximum absolute atomic E-state index is 5.37. The molecule has 1 aliphatic rings. The van der Waals surface area contributed by atoms with Crippen LogP contribution in [0.4, 0.5) is 5.95 Å². The molecule has 1 N–H and O–H groups in total. The lowest BCUT2D eigenvalue weighted by atomic mass is 10.2. The van der Waals surface area contributed by atoms with E-state index in [9.17, 15) is 0 Å². The third-order valence-electron chi connectivity index (χ3n) is 4.67. The lowest BCUT2D eigenvalue weighted by Crippen LogP contribution is -2.39. The summed E-state index contributed by atoms with van der Waals surface area (Å²) in [5.74, 6) is 1.42. The Bertz CT molecular complexity index is 907. The third-order valence-corrected chi connectivity index (χ3v) is 4.67. The highest BCUT2D eigenvalue weighted by atomic mass is 16.5. The molecule has 3 heterocycles. The second kappa shape index (κ2) is 8.81. The molecule has 0 aliphatic carbocycles. The van der Waals surface area contributed by atoms with E-state index in [1.807, 2.05) is 41.2 Å². The summed E-state index contributed by atoms with van der Waals surface area (Å²) in [6.45, 7) is 5.32. The maximum Gasteiger partial charge on any atom is 0.223 e. The largest absolute Gasteiger partial charge is 0.497 e. The van der Waals surface area contributed by atoms with Gasteiger partial charge in [0.15, 0.2) is 0 Å². The van der Waals surface area contributed by atoms with Crippen LogP contribution in [0.1, 0.15) is 0 Å². The number of nitrogens with one attached hydrogen (secondary N) is 1. The Labute approximate surface area is 164 Å². The minimum atomic E-state index is 0.625. The Morgan fingerprint density at radius 2 is 2.11 bits per heavy atom. The van der Waals surface area contributed by atoms with Crippen LogP contribution in [0.5, 0.6) is 5.75 Å². The molecule has 1 aromatic carbocycles. The van der Waals surface area contributed by atoms with E-state index >= 15 is 0 Å². The van der Waals surface area contributed by atoms with E-state index in [-0.39, 0.29) is 0 Å². The lowest BCUT2D eigenvalue weighted by molar-refractivity contribution is 0.0398. The quantitative estimate of drug-likeness (QED) is 0.672. The SMILES string of the molecule is COc1cccc(-n2cc(-c3ccnc(NCCN4CCOCC4)n3)cn2)c1. The Morgan fingerprint density at radius 1 is 1.21 bits per heavy atom. The van der Waals surface area contributed by atoms with Crippen LogP contribution in [-0.2, 0) is 4.74 Å². The van der Waals surface area contributed by atoms with Crippen LogP contribution in [0.2, 0.25) is 0 Å². The summed E-state index contributed by atoms with van der Waals surface area (Å²) in [7, 11) is 1.65. The maximum atomic E-state index is 5.37. The number of benzene rings is 1. The molecular weight excluding hydrogens is 356 g/mol. The predicted octanol–water partition coefficient (Wildman–Crippen LogP) is 2.08. The summed E-state index contributed by atoms with van der Waals surface area (Å²) >= 11 is 0. The molecule has 0 spiro atoms. The third kappa shape index (κ3) is 4.47. The normalized spacial score (nSPS) is 14.8. The van der Waals surface area contributed by atoms with Gasteiger partial charge >= 0.3 is 0 Å². The number of methoxy groups -OCH3 is 1. The molecule has 1 saturated heterocycles. The van der Waals surface area contributed by atoms with Crippen molar-refractivity contribution < 1.29 is 9.47 Å². The average Bonchev–Trinajstić information content (AvgIpc) is 3.25. The number of ether oxygens (including phenoxy) is 2. The fraction of sp³-hybridized carbons (Fsp3) is 0.350. The molecule has 28 heavy (non-hydrogen) atoms. The van der Waals surface area contributed by atoms with Gasteiger partial charge in [-0.2, -0.15) is 5.10 Å². The van der Waals surface area contributed by atoms with Gasteiger partial charge in [-0.1, -0.05) is 6.07 Å².